The average Bonchev–Trinajstić information content (AvgIpc) is 2.71. The highest BCUT2D eigenvalue weighted by Gasteiger charge is 2.15. The van der Waals surface area contributed by atoms with E-state index in [2.05, 4.69) is 20.2 Å². The van der Waals surface area contributed by atoms with Crippen molar-refractivity contribution in [2.45, 2.75) is 32.1 Å². The largest absolute Gasteiger partial charge is 0.384 e. The molecule has 3 heterocycles. The van der Waals surface area contributed by atoms with Crippen molar-refractivity contribution in [2.75, 3.05) is 29.9 Å². The fourth-order valence-corrected chi connectivity index (χ4v) is 3.95. The zero-order chi connectivity index (χ0) is 19.3. The Morgan fingerprint density at radius 2 is 1.86 bits per heavy atom. The number of nitrogens with zero attached hydrogens (tertiary/aromatic N) is 4. The first-order valence-corrected chi connectivity index (χ1v) is 10.5. The lowest BCUT2D eigenvalue weighted by atomic mass is 10.1. The van der Waals surface area contributed by atoms with Crippen molar-refractivity contribution in [3.05, 3.63) is 52.4 Å². The van der Waals surface area contributed by atoms with Crippen LogP contribution in [0.4, 0.5) is 11.6 Å². The minimum atomic E-state index is 0.524. The lowest BCUT2D eigenvalue weighted by molar-refractivity contribution is 0.567. The number of pyridine rings is 1. The zero-order valence-corrected chi connectivity index (χ0v) is 17.2. The van der Waals surface area contributed by atoms with Gasteiger partial charge in [-0.25, -0.2) is 9.97 Å². The lowest BCUT2D eigenvalue weighted by Gasteiger charge is -2.26. The molecular weight excluding hydrogens is 393 g/mol. The van der Waals surface area contributed by atoms with Gasteiger partial charge in [0.25, 0.3) is 0 Å². The molecule has 0 saturated carbocycles. The highest BCUT2D eigenvalue weighted by Crippen LogP contribution is 2.24. The van der Waals surface area contributed by atoms with Crippen molar-refractivity contribution in [2.24, 2.45) is 0 Å². The second-order valence-electron chi connectivity index (χ2n) is 7.08. The van der Waals surface area contributed by atoms with E-state index in [1.807, 2.05) is 30.3 Å². The number of rotatable bonds is 6. The third-order valence-corrected chi connectivity index (χ3v) is 5.43. The Hall–Kier alpha value is -2.11. The van der Waals surface area contributed by atoms with E-state index < -0.39 is 0 Å². The maximum absolute atomic E-state index is 6.24. The van der Waals surface area contributed by atoms with Crippen LogP contribution in [0.25, 0.3) is 10.9 Å². The quantitative estimate of drug-likeness (QED) is 0.433. The molecule has 0 radical (unpaired) electrons. The van der Waals surface area contributed by atoms with Crippen molar-refractivity contribution in [3.63, 3.8) is 0 Å². The van der Waals surface area contributed by atoms with Crippen LogP contribution in [0.5, 0.6) is 0 Å². The van der Waals surface area contributed by atoms with Crippen LogP contribution in [0, 0.1) is 0 Å². The van der Waals surface area contributed by atoms with Gasteiger partial charge in [0.1, 0.15) is 5.15 Å². The third-order valence-electron chi connectivity index (χ3n) is 5.00. The van der Waals surface area contributed by atoms with E-state index in [1.165, 1.54) is 19.3 Å². The maximum atomic E-state index is 6.24. The first-order chi connectivity index (χ1) is 13.7. The molecule has 28 heavy (non-hydrogen) atoms. The fourth-order valence-electron chi connectivity index (χ4n) is 3.58. The van der Waals surface area contributed by atoms with E-state index in [0.717, 1.165) is 60.7 Å². The van der Waals surface area contributed by atoms with Crippen molar-refractivity contribution in [1.29, 1.82) is 0 Å². The molecule has 0 atom stereocenters. The summed E-state index contributed by atoms with van der Waals surface area (Å²) in [4.78, 5) is 15.8. The van der Waals surface area contributed by atoms with Crippen LogP contribution in [0.15, 0.2) is 36.5 Å². The number of anilines is 2. The van der Waals surface area contributed by atoms with E-state index in [1.54, 1.807) is 6.20 Å². The second kappa shape index (κ2) is 8.93. The van der Waals surface area contributed by atoms with Crippen LogP contribution in [0.2, 0.25) is 10.2 Å². The molecule has 0 bridgehead atoms. The molecule has 1 aromatic carbocycles. The third kappa shape index (κ3) is 4.65. The van der Waals surface area contributed by atoms with Gasteiger partial charge in [-0.15, -0.1) is 0 Å². The lowest BCUT2D eigenvalue weighted by Crippen LogP contribution is -2.31. The Kier molecular flexibility index (Phi) is 6.13. The number of aryl methyl sites for hydroxylation is 1. The number of fused-ring (bicyclic) bond motifs is 1. The van der Waals surface area contributed by atoms with Crippen molar-refractivity contribution in [1.82, 2.24) is 15.0 Å². The van der Waals surface area contributed by atoms with Crippen molar-refractivity contribution in [3.8, 4) is 0 Å². The Balaban J connectivity index is 1.37. The Morgan fingerprint density at radius 1 is 1.00 bits per heavy atom. The standard InChI is InChI=1S/C21H23Cl2N5/c22-15-6-7-17-18(8-10-25-19(17)13-15)24-9-4-5-16-14-20(23)27-21(26-16)28-11-2-1-3-12-28/h6-8,10,13-14H,1-5,9,11-12H2,(H,24,25). The van der Waals surface area contributed by atoms with Gasteiger partial charge in [-0.2, -0.15) is 0 Å². The minimum absolute atomic E-state index is 0.524. The SMILES string of the molecule is Clc1ccc2c(NCCCc3cc(Cl)nc(N4CCCCC4)n3)ccnc2c1. The highest BCUT2D eigenvalue weighted by molar-refractivity contribution is 6.31. The highest BCUT2D eigenvalue weighted by atomic mass is 35.5. The predicted molar refractivity (Wildman–Crippen MR) is 117 cm³/mol. The van der Waals surface area contributed by atoms with Gasteiger partial charge in [-0.1, -0.05) is 23.2 Å². The maximum Gasteiger partial charge on any atom is 0.226 e. The van der Waals surface area contributed by atoms with E-state index in [9.17, 15) is 0 Å². The number of aromatic nitrogens is 3. The van der Waals surface area contributed by atoms with Crippen LogP contribution in [0.3, 0.4) is 0 Å². The molecule has 4 rings (SSSR count). The number of halogens is 2. The molecule has 0 unspecified atom stereocenters. The molecule has 2 aromatic heterocycles. The molecule has 146 valence electrons. The monoisotopic (exact) mass is 415 g/mol. The summed E-state index contributed by atoms with van der Waals surface area (Å²) in [5.74, 6) is 0.771. The molecule has 7 heteroatoms. The summed E-state index contributed by atoms with van der Waals surface area (Å²) in [5, 5.41) is 5.79. The molecule has 1 N–H and O–H groups in total. The van der Waals surface area contributed by atoms with Crippen LogP contribution < -0.4 is 10.2 Å². The second-order valence-corrected chi connectivity index (χ2v) is 7.90. The molecule has 1 fully saturated rings. The molecule has 0 spiro atoms. The number of benzene rings is 1. The van der Waals surface area contributed by atoms with Crippen LogP contribution >= 0.6 is 23.2 Å². The molecular formula is C21H23Cl2N5. The van der Waals surface area contributed by atoms with Crippen molar-refractivity contribution < 1.29 is 0 Å². The minimum Gasteiger partial charge on any atom is -0.384 e. The summed E-state index contributed by atoms with van der Waals surface area (Å²) < 4.78 is 0. The zero-order valence-electron chi connectivity index (χ0n) is 15.7. The topological polar surface area (TPSA) is 53.9 Å². The summed E-state index contributed by atoms with van der Waals surface area (Å²) in [6.07, 6.45) is 7.27. The number of piperidine rings is 1. The summed E-state index contributed by atoms with van der Waals surface area (Å²) in [6.45, 7) is 2.86. The molecule has 1 saturated heterocycles. The van der Waals surface area contributed by atoms with Gasteiger partial charge in [0.2, 0.25) is 5.95 Å². The van der Waals surface area contributed by atoms with Crippen LogP contribution in [-0.2, 0) is 6.42 Å². The summed E-state index contributed by atoms with van der Waals surface area (Å²) in [5.41, 5.74) is 2.95. The summed E-state index contributed by atoms with van der Waals surface area (Å²) in [7, 11) is 0. The molecule has 0 amide bonds. The van der Waals surface area contributed by atoms with Gasteiger partial charge in [-0.05, 0) is 62.4 Å². The fraction of sp³-hybridized carbons (Fsp3) is 0.381. The van der Waals surface area contributed by atoms with Crippen LogP contribution in [0.1, 0.15) is 31.4 Å². The van der Waals surface area contributed by atoms with Gasteiger partial charge in [0.15, 0.2) is 0 Å². The summed E-state index contributed by atoms with van der Waals surface area (Å²) in [6, 6.07) is 9.64. The molecule has 0 aliphatic carbocycles. The van der Waals surface area contributed by atoms with Crippen LogP contribution in [-0.4, -0.2) is 34.6 Å². The van der Waals surface area contributed by atoms with Gasteiger partial charge in [0, 0.05) is 47.6 Å². The number of nitrogens with one attached hydrogen (secondary N) is 1. The predicted octanol–water partition coefficient (Wildman–Crippen LogP) is 5.37. The van der Waals surface area contributed by atoms with Crippen molar-refractivity contribution >= 4 is 45.7 Å². The normalized spacial score (nSPS) is 14.4. The molecule has 3 aromatic rings. The molecule has 5 nitrogen and oxygen atoms in total. The number of hydrogen-bond acceptors (Lipinski definition) is 5. The molecule has 1 aliphatic rings. The molecule has 1 aliphatic heterocycles. The Bertz CT molecular complexity index is 957. The van der Waals surface area contributed by atoms with Gasteiger partial charge >= 0.3 is 0 Å². The first kappa shape index (κ1) is 19.2. The summed E-state index contributed by atoms with van der Waals surface area (Å²) >= 11 is 12.3. The van der Waals surface area contributed by atoms with E-state index >= 15 is 0 Å². The smallest absolute Gasteiger partial charge is 0.226 e. The first-order valence-electron chi connectivity index (χ1n) is 9.75. The van der Waals surface area contributed by atoms with E-state index in [4.69, 9.17) is 28.2 Å². The average molecular weight is 416 g/mol. The Morgan fingerprint density at radius 3 is 2.71 bits per heavy atom. The van der Waals surface area contributed by atoms with Gasteiger partial charge in [0.05, 0.1) is 5.52 Å². The van der Waals surface area contributed by atoms with Gasteiger partial charge < -0.3 is 10.2 Å². The van der Waals surface area contributed by atoms with E-state index in [-0.39, 0.29) is 0 Å². The number of hydrogen-bond donors (Lipinski definition) is 1. The van der Waals surface area contributed by atoms with Gasteiger partial charge in [-0.3, -0.25) is 4.98 Å². The Labute approximate surface area is 175 Å². The van der Waals surface area contributed by atoms with E-state index in [0.29, 0.717) is 10.2 Å².